The molecule has 1 amide bonds. The average Bonchev–Trinajstić information content (AvgIpc) is 2.78. The van der Waals surface area contributed by atoms with Gasteiger partial charge in [0.1, 0.15) is 5.75 Å². The summed E-state index contributed by atoms with van der Waals surface area (Å²) >= 11 is 0. The molecular weight excluding hydrogens is 360 g/mol. The van der Waals surface area contributed by atoms with E-state index in [0.29, 0.717) is 18.7 Å². The summed E-state index contributed by atoms with van der Waals surface area (Å²) in [5.41, 5.74) is 4.18. The fourth-order valence-electron chi connectivity index (χ4n) is 3.27. The highest BCUT2D eigenvalue weighted by Crippen LogP contribution is 2.26. The first-order valence-corrected chi connectivity index (χ1v) is 9.70. The maximum atomic E-state index is 13.0. The molecule has 0 bridgehead atoms. The number of amides is 1. The van der Waals surface area contributed by atoms with Crippen molar-refractivity contribution in [3.8, 4) is 17.0 Å². The molecule has 0 fully saturated rings. The van der Waals surface area contributed by atoms with E-state index in [2.05, 4.69) is 5.32 Å². The molecule has 4 rings (SSSR count). The zero-order chi connectivity index (χ0) is 20.1. The zero-order valence-electron chi connectivity index (χ0n) is 16.3. The van der Waals surface area contributed by atoms with E-state index < -0.39 is 0 Å². The van der Waals surface area contributed by atoms with Gasteiger partial charge in [-0.15, -0.1) is 0 Å². The average molecular weight is 382 g/mol. The number of para-hydroxylation sites is 1. The Morgan fingerprint density at radius 1 is 0.931 bits per heavy atom. The van der Waals surface area contributed by atoms with Crippen LogP contribution in [0.15, 0.2) is 84.9 Å². The minimum Gasteiger partial charge on any atom is -0.494 e. The number of nitrogens with one attached hydrogen (secondary N) is 1. The third-order valence-corrected chi connectivity index (χ3v) is 4.72. The Bertz CT molecular complexity index is 1120. The van der Waals surface area contributed by atoms with Crippen molar-refractivity contribution in [2.45, 2.75) is 13.5 Å². The number of hydrogen-bond acceptors (Lipinski definition) is 3. The van der Waals surface area contributed by atoms with Crippen molar-refractivity contribution in [2.24, 2.45) is 0 Å². The van der Waals surface area contributed by atoms with E-state index in [4.69, 9.17) is 9.72 Å². The lowest BCUT2D eigenvalue weighted by molar-refractivity contribution is 0.0952. The van der Waals surface area contributed by atoms with E-state index in [0.717, 1.165) is 33.5 Å². The third-order valence-electron chi connectivity index (χ3n) is 4.72. The standard InChI is InChI=1S/C25H22N2O2/c1-2-29-20-14-12-19(13-15-20)24-16-22(21-10-6-7-11-23(21)27-24)25(28)26-17-18-8-4-3-5-9-18/h3-16H,2,17H2,1H3,(H,26,28). The predicted molar refractivity (Wildman–Crippen MR) is 116 cm³/mol. The van der Waals surface area contributed by atoms with Crippen LogP contribution in [0.5, 0.6) is 5.75 Å². The van der Waals surface area contributed by atoms with Crippen molar-refractivity contribution in [2.75, 3.05) is 6.61 Å². The molecule has 144 valence electrons. The highest BCUT2D eigenvalue weighted by molar-refractivity contribution is 6.07. The second-order valence-corrected chi connectivity index (χ2v) is 6.70. The molecule has 0 radical (unpaired) electrons. The van der Waals surface area contributed by atoms with E-state index in [1.54, 1.807) is 0 Å². The van der Waals surface area contributed by atoms with Gasteiger partial charge in [-0.05, 0) is 48.9 Å². The summed E-state index contributed by atoms with van der Waals surface area (Å²) in [6, 6.07) is 27.2. The van der Waals surface area contributed by atoms with Gasteiger partial charge in [0.05, 0.1) is 23.4 Å². The molecule has 4 aromatic rings. The molecule has 4 nitrogen and oxygen atoms in total. The molecule has 0 spiro atoms. The van der Waals surface area contributed by atoms with Crippen LogP contribution in [-0.4, -0.2) is 17.5 Å². The summed E-state index contributed by atoms with van der Waals surface area (Å²) in [4.78, 5) is 17.8. The Balaban J connectivity index is 1.68. The highest BCUT2D eigenvalue weighted by Gasteiger charge is 2.14. The number of carbonyl (C=O) groups is 1. The van der Waals surface area contributed by atoms with E-state index >= 15 is 0 Å². The van der Waals surface area contributed by atoms with Gasteiger partial charge < -0.3 is 10.1 Å². The maximum absolute atomic E-state index is 13.0. The minimum absolute atomic E-state index is 0.111. The van der Waals surface area contributed by atoms with Crippen LogP contribution in [-0.2, 0) is 6.54 Å². The first kappa shape index (κ1) is 18.7. The molecule has 4 heteroatoms. The second-order valence-electron chi connectivity index (χ2n) is 6.70. The lowest BCUT2D eigenvalue weighted by Gasteiger charge is -2.11. The van der Waals surface area contributed by atoms with E-state index in [1.807, 2.05) is 91.9 Å². The smallest absolute Gasteiger partial charge is 0.252 e. The number of hydrogen-bond donors (Lipinski definition) is 1. The molecule has 3 aromatic carbocycles. The SMILES string of the molecule is CCOc1ccc(-c2cc(C(=O)NCc3ccccc3)c3ccccc3n2)cc1. The van der Waals surface area contributed by atoms with Crippen molar-refractivity contribution in [1.82, 2.24) is 10.3 Å². The molecule has 0 saturated heterocycles. The van der Waals surface area contributed by atoms with Crippen LogP contribution in [0.4, 0.5) is 0 Å². The summed E-state index contributed by atoms with van der Waals surface area (Å²) in [7, 11) is 0. The van der Waals surface area contributed by atoms with Crippen molar-refractivity contribution >= 4 is 16.8 Å². The van der Waals surface area contributed by atoms with E-state index in [-0.39, 0.29) is 5.91 Å². The van der Waals surface area contributed by atoms with Crippen LogP contribution in [0.3, 0.4) is 0 Å². The lowest BCUT2D eigenvalue weighted by Crippen LogP contribution is -2.23. The molecule has 0 aliphatic carbocycles. The highest BCUT2D eigenvalue weighted by atomic mass is 16.5. The summed E-state index contributed by atoms with van der Waals surface area (Å²) in [5.74, 6) is 0.706. The Labute approximate surface area is 170 Å². The van der Waals surface area contributed by atoms with Gasteiger partial charge in [0, 0.05) is 17.5 Å². The molecular formula is C25H22N2O2. The first-order chi connectivity index (χ1) is 14.2. The van der Waals surface area contributed by atoms with Gasteiger partial charge in [0.2, 0.25) is 0 Å². The van der Waals surface area contributed by atoms with Crippen molar-refractivity contribution in [3.63, 3.8) is 0 Å². The largest absolute Gasteiger partial charge is 0.494 e. The van der Waals surface area contributed by atoms with Crippen LogP contribution in [0, 0.1) is 0 Å². The molecule has 1 aromatic heterocycles. The number of aromatic nitrogens is 1. The Kier molecular flexibility index (Phi) is 5.52. The summed E-state index contributed by atoms with van der Waals surface area (Å²) in [6.07, 6.45) is 0. The Hall–Kier alpha value is -3.66. The fourth-order valence-corrected chi connectivity index (χ4v) is 3.27. The number of rotatable bonds is 6. The number of fused-ring (bicyclic) bond motifs is 1. The topological polar surface area (TPSA) is 51.2 Å². The van der Waals surface area contributed by atoms with Crippen molar-refractivity contribution in [1.29, 1.82) is 0 Å². The molecule has 0 aliphatic rings. The fraction of sp³-hybridized carbons (Fsp3) is 0.120. The third kappa shape index (κ3) is 4.27. The number of nitrogens with zero attached hydrogens (tertiary/aromatic N) is 1. The van der Waals surface area contributed by atoms with Crippen molar-refractivity contribution in [3.05, 3.63) is 96.1 Å². The summed E-state index contributed by atoms with van der Waals surface area (Å²) in [5, 5.41) is 3.87. The van der Waals surface area contributed by atoms with Gasteiger partial charge in [-0.25, -0.2) is 4.98 Å². The van der Waals surface area contributed by atoms with E-state index in [1.165, 1.54) is 0 Å². The number of ether oxygens (including phenoxy) is 1. The van der Waals surface area contributed by atoms with Gasteiger partial charge in [-0.1, -0.05) is 48.5 Å². The molecule has 29 heavy (non-hydrogen) atoms. The quantitative estimate of drug-likeness (QED) is 0.497. The minimum atomic E-state index is -0.111. The molecule has 1 N–H and O–H groups in total. The van der Waals surface area contributed by atoms with Gasteiger partial charge >= 0.3 is 0 Å². The summed E-state index contributed by atoms with van der Waals surface area (Å²) < 4.78 is 5.52. The molecule has 0 unspecified atom stereocenters. The van der Waals surface area contributed by atoms with E-state index in [9.17, 15) is 4.79 Å². The lowest BCUT2D eigenvalue weighted by atomic mass is 10.0. The normalized spacial score (nSPS) is 10.7. The molecule has 0 saturated carbocycles. The summed E-state index contributed by atoms with van der Waals surface area (Å²) in [6.45, 7) is 3.06. The monoisotopic (exact) mass is 382 g/mol. The predicted octanol–water partition coefficient (Wildman–Crippen LogP) is 5.23. The van der Waals surface area contributed by atoms with Crippen LogP contribution in [0.25, 0.3) is 22.2 Å². The van der Waals surface area contributed by atoms with Gasteiger partial charge in [-0.2, -0.15) is 0 Å². The first-order valence-electron chi connectivity index (χ1n) is 9.70. The van der Waals surface area contributed by atoms with Crippen LogP contribution in [0.1, 0.15) is 22.8 Å². The Morgan fingerprint density at radius 3 is 2.41 bits per heavy atom. The number of pyridine rings is 1. The zero-order valence-corrected chi connectivity index (χ0v) is 16.3. The van der Waals surface area contributed by atoms with Crippen LogP contribution >= 0.6 is 0 Å². The van der Waals surface area contributed by atoms with Crippen molar-refractivity contribution < 1.29 is 9.53 Å². The number of benzene rings is 3. The van der Waals surface area contributed by atoms with Gasteiger partial charge in [-0.3, -0.25) is 4.79 Å². The molecule has 0 atom stereocenters. The molecule has 1 heterocycles. The van der Waals surface area contributed by atoms with Gasteiger partial charge in [0.15, 0.2) is 0 Å². The maximum Gasteiger partial charge on any atom is 0.252 e. The second kappa shape index (κ2) is 8.57. The Morgan fingerprint density at radius 2 is 1.66 bits per heavy atom. The number of carbonyl (C=O) groups excluding carboxylic acids is 1. The molecule has 0 aliphatic heterocycles. The van der Waals surface area contributed by atoms with Crippen LogP contribution < -0.4 is 10.1 Å². The van der Waals surface area contributed by atoms with Gasteiger partial charge in [0.25, 0.3) is 5.91 Å². The van der Waals surface area contributed by atoms with Crippen LogP contribution in [0.2, 0.25) is 0 Å².